The van der Waals surface area contributed by atoms with E-state index in [1.165, 1.54) is 128 Å². The number of alkyl halides is 1. The molecule has 0 radical (unpaired) electrons. The summed E-state index contributed by atoms with van der Waals surface area (Å²) < 4.78 is 32.8. The van der Waals surface area contributed by atoms with Crippen LogP contribution in [0.3, 0.4) is 0 Å². The highest BCUT2D eigenvalue weighted by atomic mass is 79.9. The Balaban J connectivity index is 4.18. The Labute approximate surface area is 297 Å². The minimum Gasteiger partial charge on any atom is -0.462 e. The fourth-order valence-corrected chi connectivity index (χ4v) is 6.72. The van der Waals surface area contributed by atoms with Crippen LogP contribution < -0.4 is 0 Å². The fourth-order valence-electron chi connectivity index (χ4n) is 5.56. The van der Waals surface area contributed by atoms with Crippen LogP contribution in [0.2, 0.25) is 0 Å². The van der Waals surface area contributed by atoms with Crippen LogP contribution in [0.25, 0.3) is 0 Å². The summed E-state index contributed by atoms with van der Waals surface area (Å²) in [5, 5.41) is 0.370. The van der Waals surface area contributed by atoms with E-state index in [1.54, 1.807) is 0 Å². The number of ether oxygens (including phenoxy) is 2. The second-order valence-corrected chi connectivity index (χ2v) is 15.3. The first-order valence-corrected chi connectivity index (χ1v) is 22.0. The number of esters is 2. The molecule has 0 aromatic rings. The maximum Gasteiger partial charge on any atom is 0.472 e. The number of hydrogen-bond acceptors (Lipinski definition) is 7. The van der Waals surface area contributed by atoms with E-state index in [0.717, 1.165) is 38.5 Å². The van der Waals surface area contributed by atoms with Gasteiger partial charge in [-0.2, -0.15) is 0 Å². The molecule has 0 fully saturated rings. The lowest BCUT2D eigenvalue weighted by molar-refractivity contribution is -0.161. The zero-order valence-corrected chi connectivity index (χ0v) is 32.8. The maximum atomic E-state index is 12.5. The van der Waals surface area contributed by atoms with Crippen LogP contribution in [0.4, 0.5) is 0 Å². The van der Waals surface area contributed by atoms with Crippen molar-refractivity contribution in [1.29, 1.82) is 0 Å². The van der Waals surface area contributed by atoms with E-state index < -0.39 is 26.5 Å². The monoisotopic (exact) mass is 754 g/mol. The van der Waals surface area contributed by atoms with Gasteiger partial charge in [-0.25, -0.2) is 4.57 Å². The summed E-state index contributed by atoms with van der Waals surface area (Å²) in [4.78, 5) is 34.7. The summed E-state index contributed by atoms with van der Waals surface area (Å²) in [6.07, 6.45) is 31.4. The number of phosphoric ester groups is 1. The molecule has 2 atom stereocenters. The average molecular weight is 756 g/mol. The zero-order chi connectivity index (χ0) is 34.7. The SMILES string of the molecule is CCCCCCCCCCCCCCCC(=O)OC[C@@H](COP(=O)(O)OCCBr)OC(=O)CCCCCCCCCCCCCCC. The molecule has 0 saturated carbocycles. The lowest BCUT2D eigenvalue weighted by Gasteiger charge is -2.19. The van der Waals surface area contributed by atoms with E-state index in [1.807, 2.05) is 0 Å². The number of phosphoric acid groups is 1. The highest BCUT2D eigenvalue weighted by Gasteiger charge is 2.26. The van der Waals surface area contributed by atoms with E-state index in [9.17, 15) is 19.0 Å². The lowest BCUT2D eigenvalue weighted by Crippen LogP contribution is -2.29. The van der Waals surface area contributed by atoms with Crippen LogP contribution in [-0.2, 0) is 32.7 Å². The Morgan fingerprint density at radius 2 is 0.915 bits per heavy atom. The van der Waals surface area contributed by atoms with Gasteiger partial charge in [-0.05, 0) is 12.8 Å². The lowest BCUT2D eigenvalue weighted by atomic mass is 10.0. The first kappa shape index (κ1) is 46.5. The van der Waals surface area contributed by atoms with E-state index >= 15 is 0 Å². The Kier molecular flexibility index (Phi) is 35.0. The third-order valence-corrected chi connectivity index (χ3v) is 9.76. The highest BCUT2D eigenvalue weighted by Crippen LogP contribution is 2.43. The number of halogens is 1. The van der Waals surface area contributed by atoms with Crippen LogP contribution in [0.1, 0.15) is 194 Å². The van der Waals surface area contributed by atoms with Crippen molar-refractivity contribution in [2.24, 2.45) is 0 Å². The number of carbonyl (C=O) groups is 2. The van der Waals surface area contributed by atoms with Crippen molar-refractivity contribution in [1.82, 2.24) is 0 Å². The molecular formula is C37H72BrO8P. The van der Waals surface area contributed by atoms with Gasteiger partial charge < -0.3 is 14.4 Å². The van der Waals surface area contributed by atoms with Gasteiger partial charge >= 0.3 is 19.8 Å². The second-order valence-electron chi connectivity index (χ2n) is 13.1. The standard InChI is InChI=1S/C37H72BrO8P/c1-3-5-7-9-11-13-15-17-19-21-23-25-27-29-36(39)43-33-35(34-45-47(41,42)44-32-31-38)46-37(40)30-28-26-24-22-20-18-16-14-12-10-8-6-4-2/h35H,3-34H2,1-2H3,(H,41,42)/t35-/m0/s1. The van der Waals surface area contributed by atoms with Crippen molar-refractivity contribution in [3.05, 3.63) is 0 Å². The Hall–Kier alpha value is -0.470. The van der Waals surface area contributed by atoms with Crippen molar-refractivity contribution >= 4 is 35.7 Å². The maximum absolute atomic E-state index is 12.5. The fraction of sp³-hybridized carbons (Fsp3) is 0.946. The molecule has 10 heteroatoms. The number of rotatable bonds is 37. The van der Waals surface area contributed by atoms with E-state index in [0.29, 0.717) is 11.8 Å². The van der Waals surface area contributed by atoms with Crippen molar-refractivity contribution in [3.63, 3.8) is 0 Å². The molecule has 1 N–H and O–H groups in total. The molecule has 0 amide bonds. The van der Waals surface area contributed by atoms with Crippen molar-refractivity contribution in [2.75, 3.05) is 25.2 Å². The van der Waals surface area contributed by atoms with E-state index in [2.05, 4.69) is 29.8 Å². The summed E-state index contributed by atoms with van der Waals surface area (Å²) in [5.74, 6) is -0.795. The van der Waals surface area contributed by atoms with Crippen molar-refractivity contribution in [3.8, 4) is 0 Å². The van der Waals surface area contributed by atoms with Gasteiger partial charge in [-0.3, -0.25) is 18.6 Å². The minimum atomic E-state index is -4.31. The van der Waals surface area contributed by atoms with E-state index in [-0.39, 0.29) is 25.6 Å². The Bertz CT molecular complexity index is 754. The number of carbonyl (C=O) groups excluding carboxylic acids is 2. The molecule has 1 unspecified atom stereocenters. The predicted octanol–water partition coefficient (Wildman–Crippen LogP) is 11.9. The molecule has 0 aliphatic rings. The normalized spacial score (nSPS) is 13.4. The zero-order valence-electron chi connectivity index (χ0n) is 30.3. The van der Waals surface area contributed by atoms with Crippen molar-refractivity contribution in [2.45, 2.75) is 200 Å². The van der Waals surface area contributed by atoms with Gasteiger partial charge in [0.1, 0.15) is 6.61 Å². The summed E-state index contributed by atoms with van der Waals surface area (Å²) >= 11 is 3.13. The summed E-state index contributed by atoms with van der Waals surface area (Å²) in [7, 11) is -4.31. The third kappa shape index (κ3) is 35.2. The van der Waals surface area contributed by atoms with Crippen LogP contribution in [0, 0.1) is 0 Å². The molecule has 8 nitrogen and oxygen atoms in total. The van der Waals surface area contributed by atoms with E-state index in [4.69, 9.17) is 18.5 Å². The first-order chi connectivity index (χ1) is 22.8. The molecule has 280 valence electrons. The van der Waals surface area contributed by atoms with Crippen LogP contribution in [0.5, 0.6) is 0 Å². The van der Waals surface area contributed by atoms with Gasteiger partial charge in [0, 0.05) is 18.2 Å². The van der Waals surface area contributed by atoms with Gasteiger partial charge in [0.15, 0.2) is 6.10 Å². The Morgan fingerprint density at radius 3 is 1.30 bits per heavy atom. The van der Waals surface area contributed by atoms with Gasteiger partial charge in [-0.15, -0.1) is 0 Å². The van der Waals surface area contributed by atoms with Gasteiger partial charge in [-0.1, -0.05) is 184 Å². The number of unbranched alkanes of at least 4 members (excludes halogenated alkanes) is 24. The molecule has 0 rings (SSSR count). The quantitative estimate of drug-likeness (QED) is 0.0289. The van der Waals surface area contributed by atoms with Crippen LogP contribution >= 0.6 is 23.8 Å². The molecule has 0 aromatic carbocycles. The molecule has 0 bridgehead atoms. The molecule has 0 aromatic heterocycles. The molecule has 0 aliphatic carbocycles. The van der Waals surface area contributed by atoms with Gasteiger partial charge in [0.2, 0.25) is 0 Å². The van der Waals surface area contributed by atoms with Crippen molar-refractivity contribution < 1.29 is 37.6 Å². The topological polar surface area (TPSA) is 108 Å². The average Bonchev–Trinajstić information content (AvgIpc) is 3.05. The Morgan fingerprint density at radius 1 is 0.553 bits per heavy atom. The molecule has 0 spiro atoms. The summed E-state index contributed by atoms with van der Waals surface area (Å²) in [6, 6.07) is 0. The smallest absolute Gasteiger partial charge is 0.462 e. The predicted molar refractivity (Wildman–Crippen MR) is 197 cm³/mol. The van der Waals surface area contributed by atoms with Gasteiger partial charge in [0.05, 0.1) is 13.2 Å². The third-order valence-electron chi connectivity index (χ3n) is 8.45. The number of hydrogen-bond donors (Lipinski definition) is 1. The molecule has 47 heavy (non-hydrogen) atoms. The molecular weight excluding hydrogens is 683 g/mol. The minimum absolute atomic E-state index is 0.00854. The van der Waals surface area contributed by atoms with Crippen LogP contribution in [-0.4, -0.2) is 48.1 Å². The largest absolute Gasteiger partial charge is 0.472 e. The highest BCUT2D eigenvalue weighted by molar-refractivity contribution is 9.09. The van der Waals surface area contributed by atoms with Crippen LogP contribution in [0.15, 0.2) is 0 Å². The molecule has 0 heterocycles. The molecule has 0 aliphatic heterocycles. The van der Waals surface area contributed by atoms with Gasteiger partial charge in [0.25, 0.3) is 0 Å². The second kappa shape index (κ2) is 35.4. The molecule has 0 saturated heterocycles. The first-order valence-electron chi connectivity index (χ1n) is 19.4. The summed E-state index contributed by atoms with van der Waals surface area (Å²) in [5.41, 5.74) is 0. The summed E-state index contributed by atoms with van der Waals surface area (Å²) in [6.45, 7) is 3.87.